The highest BCUT2D eigenvalue weighted by atomic mass is 16.3. The fourth-order valence-electron chi connectivity index (χ4n) is 2.37. The zero-order valence-corrected chi connectivity index (χ0v) is 13.0. The Morgan fingerprint density at radius 2 is 2.10 bits per heavy atom. The molecule has 2 aromatic heterocycles. The second-order valence-corrected chi connectivity index (χ2v) is 5.02. The van der Waals surface area contributed by atoms with Crippen molar-refractivity contribution < 1.29 is 5.11 Å². The summed E-state index contributed by atoms with van der Waals surface area (Å²) in [6.45, 7) is 7.30. The molecule has 0 bridgehead atoms. The number of nitrogens with one attached hydrogen (secondary N) is 1. The zero-order chi connectivity index (χ0) is 15.2. The first-order chi connectivity index (χ1) is 10.2. The van der Waals surface area contributed by atoms with Gasteiger partial charge in [0.15, 0.2) is 5.65 Å². The molecule has 116 valence electrons. The van der Waals surface area contributed by atoms with E-state index in [2.05, 4.69) is 32.2 Å². The maximum absolute atomic E-state index is 9.15. The zero-order valence-electron chi connectivity index (χ0n) is 13.0. The number of aliphatic hydroxyl groups excluding tert-OH is 1. The SMILES string of the molecule is CCCN(CCO)Cc1nc(NCC)c2cnn(C)c2n1. The molecule has 2 rings (SSSR count). The van der Waals surface area contributed by atoms with Crippen LogP contribution in [0, 0.1) is 0 Å². The van der Waals surface area contributed by atoms with Gasteiger partial charge in [0.25, 0.3) is 0 Å². The largest absolute Gasteiger partial charge is 0.395 e. The van der Waals surface area contributed by atoms with Crippen molar-refractivity contribution in [1.29, 1.82) is 0 Å². The number of nitrogens with zero attached hydrogens (tertiary/aromatic N) is 5. The van der Waals surface area contributed by atoms with Crippen molar-refractivity contribution >= 4 is 16.9 Å². The Hall–Kier alpha value is -1.73. The van der Waals surface area contributed by atoms with Crippen LogP contribution in [0.15, 0.2) is 6.20 Å². The highest BCUT2D eigenvalue weighted by Gasteiger charge is 2.13. The van der Waals surface area contributed by atoms with E-state index in [0.717, 1.165) is 42.2 Å². The molecule has 7 nitrogen and oxygen atoms in total. The average Bonchev–Trinajstić information content (AvgIpc) is 2.82. The third kappa shape index (κ3) is 3.68. The maximum Gasteiger partial charge on any atom is 0.163 e. The Morgan fingerprint density at radius 3 is 2.76 bits per heavy atom. The third-order valence-electron chi connectivity index (χ3n) is 3.30. The molecule has 0 saturated carbocycles. The lowest BCUT2D eigenvalue weighted by atomic mass is 10.3. The second-order valence-electron chi connectivity index (χ2n) is 5.02. The van der Waals surface area contributed by atoms with Gasteiger partial charge in [-0.15, -0.1) is 0 Å². The second kappa shape index (κ2) is 7.33. The van der Waals surface area contributed by atoms with Gasteiger partial charge in [-0.3, -0.25) is 9.58 Å². The van der Waals surface area contributed by atoms with Crippen LogP contribution >= 0.6 is 0 Å². The summed E-state index contributed by atoms with van der Waals surface area (Å²) < 4.78 is 1.76. The fourth-order valence-corrected chi connectivity index (χ4v) is 2.37. The van der Waals surface area contributed by atoms with Crippen LogP contribution in [0.1, 0.15) is 26.1 Å². The van der Waals surface area contributed by atoms with Crippen LogP contribution in [-0.4, -0.2) is 56.0 Å². The molecular formula is C14H24N6O. The summed E-state index contributed by atoms with van der Waals surface area (Å²) in [5.74, 6) is 1.58. The first kappa shape index (κ1) is 15.7. The van der Waals surface area contributed by atoms with E-state index in [1.54, 1.807) is 10.9 Å². The van der Waals surface area contributed by atoms with Gasteiger partial charge in [-0.1, -0.05) is 6.92 Å². The van der Waals surface area contributed by atoms with Crippen LogP contribution in [0.4, 0.5) is 5.82 Å². The Kier molecular flexibility index (Phi) is 5.46. The molecule has 0 atom stereocenters. The van der Waals surface area contributed by atoms with Crippen LogP contribution < -0.4 is 5.32 Å². The minimum Gasteiger partial charge on any atom is -0.395 e. The predicted molar refractivity (Wildman–Crippen MR) is 83.1 cm³/mol. The lowest BCUT2D eigenvalue weighted by molar-refractivity contribution is 0.187. The van der Waals surface area contributed by atoms with E-state index in [0.29, 0.717) is 13.1 Å². The molecule has 0 unspecified atom stereocenters. The maximum atomic E-state index is 9.15. The molecule has 0 amide bonds. The minimum atomic E-state index is 0.147. The topological polar surface area (TPSA) is 79.1 Å². The van der Waals surface area contributed by atoms with E-state index < -0.39 is 0 Å². The van der Waals surface area contributed by atoms with Crippen molar-refractivity contribution in [3.8, 4) is 0 Å². The van der Waals surface area contributed by atoms with E-state index in [1.165, 1.54) is 0 Å². The smallest absolute Gasteiger partial charge is 0.163 e. The van der Waals surface area contributed by atoms with Crippen molar-refractivity contribution in [3.05, 3.63) is 12.0 Å². The molecule has 2 aromatic rings. The first-order valence-corrected chi connectivity index (χ1v) is 7.45. The Bertz CT molecular complexity index is 576. The van der Waals surface area contributed by atoms with Gasteiger partial charge in [0.1, 0.15) is 11.6 Å². The number of anilines is 1. The lowest BCUT2D eigenvalue weighted by Crippen LogP contribution is -2.28. The van der Waals surface area contributed by atoms with Gasteiger partial charge in [0.2, 0.25) is 0 Å². The number of aliphatic hydroxyl groups is 1. The number of aryl methyl sites for hydroxylation is 1. The van der Waals surface area contributed by atoms with E-state index in [1.807, 2.05) is 14.0 Å². The standard InChI is InChI=1S/C14H24N6O/c1-4-6-20(7-8-21)10-12-17-13(15-5-2)11-9-16-19(3)14(11)18-12/h9,21H,4-8,10H2,1-3H3,(H,15,17,18). The van der Waals surface area contributed by atoms with Gasteiger partial charge in [0, 0.05) is 20.1 Å². The van der Waals surface area contributed by atoms with Crippen molar-refractivity contribution in [3.63, 3.8) is 0 Å². The monoisotopic (exact) mass is 292 g/mol. The molecule has 0 radical (unpaired) electrons. The molecule has 0 fully saturated rings. The fraction of sp³-hybridized carbons (Fsp3) is 0.643. The van der Waals surface area contributed by atoms with Gasteiger partial charge in [-0.2, -0.15) is 5.10 Å². The summed E-state index contributed by atoms with van der Waals surface area (Å²) in [6.07, 6.45) is 2.82. The molecule has 2 heterocycles. The Balaban J connectivity index is 2.32. The predicted octanol–water partition coefficient (Wildman–Crippen LogP) is 0.999. The molecular weight excluding hydrogens is 268 g/mol. The van der Waals surface area contributed by atoms with Crippen molar-refractivity contribution in [1.82, 2.24) is 24.6 Å². The van der Waals surface area contributed by atoms with E-state index in [4.69, 9.17) is 5.11 Å². The molecule has 21 heavy (non-hydrogen) atoms. The number of aromatic nitrogens is 4. The van der Waals surface area contributed by atoms with Crippen molar-refractivity contribution in [2.24, 2.45) is 7.05 Å². The summed E-state index contributed by atoms with van der Waals surface area (Å²) >= 11 is 0. The van der Waals surface area contributed by atoms with Gasteiger partial charge >= 0.3 is 0 Å². The van der Waals surface area contributed by atoms with Gasteiger partial charge in [-0.05, 0) is 19.9 Å². The molecule has 2 N–H and O–H groups in total. The number of hydrogen-bond donors (Lipinski definition) is 2. The van der Waals surface area contributed by atoms with Gasteiger partial charge in [0.05, 0.1) is 24.7 Å². The quantitative estimate of drug-likeness (QED) is 0.755. The summed E-state index contributed by atoms with van der Waals surface area (Å²) in [4.78, 5) is 11.4. The van der Waals surface area contributed by atoms with Crippen molar-refractivity contribution in [2.45, 2.75) is 26.8 Å². The highest BCUT2D eigenvalue weighted by Crippen LogP contribution is 2.19. The normalized spacial score (nSPS) is 11.5. The minimum absolute atomic E-state index is 0.147. The molecule has 0 aliphatic rings. The third-order valence-corrected chi connectivity index (χ3v) is 3.30. The Morgan fingerprint density at radius 1 is 1.29 bits per heavy atom. The Labute approximate surface area is 125 Å². The van der Waals surface area contributed by atoms with Gasteiger partial charge in [-0.25, -0.2) is 9.97 Å². The molecule has 7 heteroatoms. The van der Waals surface area contributed by atoms with E-state index >= 15 is 0 Å². The summed E-state index contributed by atoms with van der Waals surface area (Å²) in [5, 5.41) is 17.6. The summed E-state index contributed by atoms with van der Waals surface area (Å²) in [7, 11) is 1.88. The molecule has 0 spiro atoms. The van der Waals surface area contributed by atoms with Crippen LogP contribution in [0.5, 0.6) is 0 Å². The van der Waals surface area contributed by atoms with Crippen molar-refractivity contribution in [2.75, 3.05) is 31.6 Å². The number of hydrogen-bond acceptors (Lipinski definition) is 6. The molecule has 0 saturated heterocycles. The highest BCUT2D eigenvalue weighted by molar-refractivity contribution is 5.86. The van der Waals surface area contributed by atoms with Gasteiger partial charge < -0.3 is 10.4 Å². The van der Waals surface area contributed by atoms with Crippen LogP contribution in [0.3, 0.4) is 0 Å². The van der Waals surface area contributed by atoms with E-state index in [-0.39, 0.29) is 6.61 Å². The van der Waals surface area contributed by atoms with Crippen LogP contribution in [0.25, 0.3) is 11.0 Å². The lowest BCUT2D eigenvalue weighted by Gasteiger charge is -2.19. The summed E-state index contributed by atoms with van der Waals surface area (Å²) in [6, 6.07) is 0. The van der Waals surface area contributed by atoms with Crippen LogP contribution in [-0.2, 0) is 13.6 Å². The summed E-state index contributed by atoms with van der Waals surface area (Å²) in [5.41, 5.74) is 0.830. The average molecular weight is 292 g/mol. The number of rotatable bonds is 8. The van der Waals surface area contributed by atoms with E-state index in [9.17, 15) is 0 Å². The molecule has 0 aliphatic heterocycles. The molecule has 0 aliphatic carbocycles. The molecule has 0 aromatic carbocycles. The van der Waals surface area contributed by atoms with Crippen LogP contribution in [0.2, 0.25) is 0 Å². The number of fused-ring (bicyclic) bond motifs is 1. The first-order valence-electron chi connectivity index (χ1n) is 7.45.